The van der Waals surface area contributed by atoms with E-state index in [1.54, 1.807) is 12.1 Å². The van der Waals surface area contributed by atoms with Gasteiger partial charge in [0.25, 0.3) is 5.91 Å². The first-order valence-corrected chi connectivity index (χ1v) is 6.75. The van der Waals surface area contributed by atoms with Crippen LogP contribution >= 0.6 is 15.9 Å². The molecule has 1 aromatic carbocycles. The summed E-state index contributed by atoms with van der Waals surface area (Å²) >= 11 is 3.37. The van der Waals surface area contributed by atoms with Crippen LogP contribution in [0.25, 0.3) is 0 Å². The topological polar surface area (TPSA) is 46.3 Å². The van der Waals surface area contributed by atoms with Gasteiger partial charge in [-0.15, -0.1) is 0 Å². The van der Waals surface area contributed by atoms with E-state index in [1.807, 2.05) is 11.0 Å². The van der Waals surface area contributed by atoms with Crippen LogP contribution < -0.4 is 5.73 Å². The van der Waals surface area contributed by atoms with Gasteiger partial charge in [0.05, 0.1) is 5.56 Å². The molecule has 17 heavy (non-hydrogen) atoms. The fourth-order valence-electron chi connectivity index (χ4n) is 2.23. The minimum absolute atomic E-state index is 0.0553. The number of benzene rings is 1. The number of carbonyl (C=O) groups is 1. The van der Waals surface area contributed by atoms with E-state index in [4.69, 9.17) is 5.73 Å². The first kappa shape index (κ1) is 12.4. The van der Waals surface area contributed by atoms with Crippen molar-refractivity contribution in [2.45, 2.75) is 19.8 Å². The maximum Gasteiger partial charge on any atom is 0.255 e. The van der Waals surface area contributed by atoms with Crippen LogP contribution in [0.1, 0.15) is 30.1 Å². The maximum atomic E-state index is 12.3. The van der Waals surface area contributed by atoms with E-state index in [0.29, 0.717) is 17.2 Å². The Hall–Kier alpha value is -1.03. The van der Waals surface area contributed by atoms with Gasteiger partial charge >= 0.3 is 0 Å². The van der Waals surface area contributed by atoms with Crippen LogP contribution in [0.2, 0.25) is 0 Å². The third kappa shape index (κ3) is 2.63. The Morgan fingerprint density at radius 3 is 3.00 bits per heavy atom. The molecule has 3 nitrogen and oxygen atoms in total. The fourth-order valence-corrected chi connectivity index (χ4v) is 2.60. The Labute approximate surface area is 110 Å². The molecule has 0 radical (unpaired) electrons. The van der Waals surface area contributed by atoms with Crippen LogP contribution in [0.5, 0.6) is 0 Å². The Bertz CT molecular complexity index is 433. The van der Waals surface area contributed by atoms with Crippen molar-refractivity contribution in [1.82, 2.24) is 4.90 Å². The standard InChI is InChI=1S/C13H17BrN2O/c1-2-9-5-6-16(8-9)13(17)11-7-10(14)3-4-12(11)15/h3-4,7,9H,2,5-6,8,15H2,1H3. The molecule has 1 aliphatic heterocycles. The minimum Gasteiger partial charge on any atom is -0.398 e. The second-order valence-corrected chi connectivity index (χ2v) is 5.46. The third-order valence-corrected chi connectivity index (χ3v) is 3.89. The lowest BCUT2D eigenvalue weighted by atomic mass is 10.1. The molecule has 1 saturated heterocycles. The van der Waals surface area contributed by atoms with Crippen LogP contribution in [-0.2, 0) is 0 Å². The number of nitrogen functional groups attached to an aromatic ring is 1. The van der Waals surface area contributed by atoms with Crippen molar-refractivity contribution >= 4 is 27.5 Å². The molecule has 2 N–H and O–H groups in total. The minimum atomic E-state index is 0.0553. The number of hydrogen-bond acceptors (Lipinski definition) is 2. The maximum absolute atomic E-state index is 12.3. The van der Waals surface area contributed by atoms with Crippen molar-refractivity contribution in [2.75, 3.05) is 18.8 Å². The zero-order valence-electron chi connectivity index (χ0n) is 9.95. The summed E-state index contributed by atoms with van der Waals surface area (Å²) in [4.78, 5) is 14.2. The summed E-state index contributed by atoms with van der Waals surface area (Å²) in [6, 6.07) is 5.42. The van der Waals surface area contributed by atoms with Crippen LogP contribution in [0, 0.1) is 5.92 Å². The highest BCUT2D eigenvalue weighted by molar-refractivity contribution is 9.10. The third-order valence-electron chi connectivity index (χ3n) is 3.40. The number of amides is 1. The summed E-state index contributed by atoms with van der Waals surface area (Å²) in [6.07, 6.45) is 2.24. The van der Waals surface area contributed by atoms with Gasteiger partial charge in [0.1, 0.15) is 0 Å². The van der Waals surface area contributed by atoms with Crippen LogP contribution in [0.15, 0.2) is 22.7 Å². The fraction of sp³-hybridized carbons (Fsp3) is 0.462. The van der Waals surface area contributed by atoms with Gasteiger partial charge in [-0.2, -0.15) is 0 Å². The van der Waals surface area contributed by atoms with E-state index < -0.39 is 0 Å². The Balaban J connectivity index is 2.17. The first-order chi connectivity index (χ1) is 8.11. The number of likely N-dealkylation sites (tertiary alicyclic amines) is 1. The lowest BCUT2D eigenvalue weighted by Crippen LogP contribution is -2.29. The number of anilines is 1. The monoisotopic (exact) mass is 296 g/mol. The van der Waals surface area contributed by atoms with Crippen molar-refractivity contribution in [3.05, 3.63) is 28.2 Å². The predicted octanol–water partition coefficient (Wildman–Crippen LogP) is 2.90. The lowest BCUT2D eigenvalue weighted by molar-refractivity contribution is 0.0788. The molecule has 1 aromatic rings. The summed E-state index contributed by atoms with van der Waals surface area (Å²) in [5, 5.41) is 0. The molecule has 1 fully saturated rings. The quantitative estimate of drug-likeness (QED) is 0.853. The zero-order chi connectivity index (χ0) is 12.4. The van der Waals surface area contributed by atoms with Gasteiger partial charge in [-0.25, -0.2) is 0 Å². The van der Waals surface area contributed by atoms with Crippen molar-refractivity contribution in [3.8, 4) is 0 Å². The van der Waals surface area contributed by atoms with E-state index in [2.05, 4.69) is 22.9 Å². The molecule has 0 bridgehead atoms. The molecule has 0 aromatic heterocycles. The SMILES string of the molecule is CCC1CCN(C(=O)c2cc(Br)ccc2N)C1. The van der Waals surface area contributed by atoms with Gasteiger partial charge in [0.2, 0.25) is 0 Å². The van der Waals surface area contributed by atoms with Crippen molar-refractivity contribution in [2.24, 2.45) is 5.92 Å². The van der Waals surface area contributed by atoms with Crippen molar-refractivity contribution in [3.63, 3.8) is 0 Å². The van der Waals surface area contributed by atoms with Gasteiger partial charge in [0, 0.05) is 23.2 Å². The average Bonchev–Trinajstić information content (AvgIpc) is 2.80. The Morgan fingerprint density at radius 1 is 1.59 bits per heavy atom. The second kappa shape index (κ2) is 5.08. The molecule has 1 amide bonds. The normalized spacial score (nSPS) is 19.6. The highest BCUT2D eigenvalue weighted by Crippen LogP contribution is 2.24. The lowest BCUT2D eigenvalue weighted by Gasteiger charge is -2.17. The number of halogens is 1. The molecule has 4 heteroatoms. The zero-order valence-corrected chi connectivity index (χ0v) is 11.5. The summed E-state index contributed by atoms with van der Waals surface area (Å²) in [6.45, 7) is 3.89. The number of hydrogen-bond donors (Lipinski definition) is 1. The van der Waals surface area contributed by atoms with Gasteiger partial charge in [0.15, 0.2) is 0 Å². The van der Waals surface area contributed by atoms with Crippen LogP contribution in [0.4, 0.5) is 5.69 Å². The number of nitrogens with two attached hydrogens (primary N) is 1. The summed E-state index contributed by atoms with van der Waals surface area (Å²) in [5.74, 6) is 0.701. The molecule has 0 spiro atoms. The molecule has 92 valence electrons. The number of carbonyl (C=O) groups excluding carboxylic acids is 1. The van der Waals surface area contributed by atoms with E-state index in [-0.39, 0.29) is 5.91 Å². The number of rotatable bonds is 2. The highest BCUT2D eigenvalue weighted by Gasteiger charge is 2.26. The van der Waals surface area contributed by atoms with E-state index >= 15 is 0 Å². The largest absolute Gasteiger partial charge is 0.398 e. The molecule has 2 rings (SSSR count). The summed E-state index contributed by atoms with van der Waals surface area (Å²) in [7, 11) is 0. The van der Waals surface area contributed by atoms with E-state index in [0.717, 1.165) is 30.4 Å². The van der Waals surface area contributed by atoms with Crippen LogP contribution in [-0.4, -0.2) is 23.9 Å². The first-order valence-electron chi connectivity index (χ1n) is 5.96. The molecule has 0 saturated carbocycles. The smallest absolute Gasteiger partial charge is 0.255 e. The Kier molecular flexibility index (Phi) is 3.72. The highest BCUT2D eigenvalue weighted by atomic mass is 79.9. The van der Waals surface area contributed by atoms with E-state index in [9.17, 15) is 4.79 Å². The van der Waals surface area contributed by atoms with Crippen molar-refractivity contribution < 1.29 is 4.79 Å². The van der Waals surface area contributed by atoms with Crippen LogP contribution in [0.3, 0.4) is 0 Å². The van der Waals surface area contributed by atoms with Gasteiger partial charge in [-0.05, 0) is 30.5 Å². The van der Waals surface area contributed by atoms with Gasteiger partial charge in [-0.3, -0.25) is 4.79 Å². The Morgan fingerprint density at radius 2 is 2.35 bits per heavy atom. The van der Waals surface area contributed by atoms with Gasteiger partial charge < -0.3 is 10.6 Å². The molecule has 1 heterocycles. The van der Waals surface area contributed by atoms with Gasteiger partial charge in [-0.1, -0.05) is 29.3 Å². The van der Waals surface area contributed by atoms with Crippen molar-refractivity contribution in [1.29, 1.82) is 0 Å². The molecule has 1 atom stereocenters. The second-order valence-electron chi connectivity index (χ2n) is 4.55. The van der Waals surface area contributed by atoms with E-state index in [1.165, 1.54) is 0 Å². The predicted molar refractivity (Wildman–Crippen MR) is 72.9 cm³/mol. The molecule has 1 aliphatic rings. The number of nitrogens with zero attached hydrogens (tertiary/aromatic N) is 1. The molecule has 0 aliphatic carbocycles. The summed E-state index contributed by atoms with van der Waals surface area (Å²) < 4.78 is 0.890. The summed E-state index contributed by atoms with van der Waals surface area (Å²) in [5.41, 5.74) is 7.02. The molecule has 1 unspecified atom stereocenters. The molecular formula is C13H17BrN2O. The average molecular weight is 297 g/mol. The molecular weight excluding hydrogens is 280 g/mol.